The van der Waals surface area contributed by atoms with E-state index >= 15 is 0 Å². The number of carbonyl (C=O) groups excluding carboxylic acids is 1. The third-order valence-electron chi connectivity index (χ3n) is 3.10. The van der Waals surface area contributed by atoms with E-state index in [2.05, 4.69) is 6.92 Å². The van der Waals surface area contributed by atoms with E-state index in [0.29, 0.717) is 12.6 Å². The molecule has 0 saturated carbocycles. The van der Waals surface area contributed by atoms with Gasteiger partial charge in [0.15, 0.2) is 0 Å². The van der Waals surface area contributed by atoms with Gasteiger partial charge in [-0.3, -0.25) is 4.79 Å². The van der Waals surface area contributed by atoms with Crippen LogP contribution in [0.15, 0.2) is 0 Å². The van der Waals surface area contributed by atoms with Crippen molar-refractivity contribution in [2.45, 2.75) is 52.0 Å². The third-order valence-corrected chi connectivity index (χ3v) is 3.10. The van der Waals surface area contributed by atoms with Gasteiger partial charge in [-0.1, -0.05) is 19.8 Å². The summed E-state index contributed by atoms with van der Waals surface area (Å²) in [6, 6.07) is 0.445. The molecule has 15 heavy (non-hydrogen) atoms. The van der Waals surface area contributed by atoms with Crippen molar-refractivity contribution in [3.8, 4) is 0 Å². The van der Waals surface area contributed by atoms with Gasteiger partial charge in [-0.05, 0) is 26.2 Å². The zero-order valence-electron chi connectivity index (χ0n) is 10.00. The normalized spacial score (nSPS) is 22.5. The van der Waals surface area contributed by atoms with Crippen molar-refractivity contribution in [2.24, 2.45) is 0 Å². The fourth-order valence-corrected chi connectivity index (χ4v) is 2.20. The maximum Gasteiger partial charge on any atom is 0.248 e. The Morgan fingerprint density at radius 1 is 1.33 bits per heavy atom. The molecule has 1 saturated heterocycles. The molecule has 1 unspecified atom stereocenters. The molecule has 1 aliphatic heterocycles. The van der Waals surface area contributed by atoms with Crippen molar-refractivity contribution < 1.29 is 9.53 Å². The largest absolute Gasteiger partial charge is 0.372 e. The van der Waals surface area contributed by atoms with Crippen LogP contribution in [-0.2, 0) is 9.53 Å². The van der Waals surface area contributed by atoms with Crippen LogP contribution in [0, 0.1) is 0 Å². The fourth-order valence-electron chi connectivity index (χ4n) is 2.20. The van der Waals surface area contributed by atoms with Gasteiger partial charge >= 0.3 is 0 Å². The zero-order chi connectivity index (χ0) is 11.1. The van der Waals surface area contributed by atoms with E-state index in [1.54, 1.807) is 0 Å². The topological polar surface area (TPSA) is 29.5 Å². The highest BCUT2D eigenvalue weighted by atomic mass is 16.5. The Labute approximate surface area is 92.8 Å². The number of ether oxygens (including phenoxy) is 1. The summed E-state index contributed by atoms with van der Waals surface area (Å²) in [7, 11) is 0. The first kappa shape index (κ1) is 12.5. The van der Waals surface area contributed by atoms with E-state index in [1.165, 1.54) is 12.8 Å². The van der Waals surface area contributed by atoms with Gasteiger partial charge in [-0.2, -0.15) is 0 Å². The first-order valence-electron chi connectivity index (χ1n) is 6.16. The van der Waals surface area contributed by atoms with Crippen LogP contribution in [0.25, 0.3) is 0 Å². The van der Waals surface area contributed by atoms with E-state index in [-0.39, 0.29) is 12.5 Å². The molecule has 0 aliphatic carbocycles. The molecule has 0 N–H and O–H groups in total. The summed E-state index contributed by atoms with van der Waals surface area (Å²) in [6.07, 6.45) is 5.90. The zero-order valence-corrected chi connectivity index (χ0v) is 10.00. The highest BCUT2D eigenvalue weighted by Crippen LogP contribution is 2.19. The Bertz CT molecular complexity index is 194. The van der Waals surface area contributed by atoms with Gasteiger partial charge in [0.05, 0.1) is 0 Å². The quantitative estimate of drug-likeness (QED) is 0.716. The summed E-state index contributed by atoms with van der Waals surface area (Å²) < 4.78 is 5.19. The van der Waals surface area contributed by atoms with Gasteiger partial charge in [0.2, 0.25) is 5.91 Å². The van der Waals surface area contributed by atoms with Crippen LogP contribution in [0.2, 0.25) is 0 Å². The lowest BCUT2D eigenvalue weighted by Crippen LogP contribution is -2.41. The van der Waals surface area contributed by atoms with Gasteiger partial charge < -0.3 is 9.64 Å². The standard InChI is InChI=1S/C12H23NO2/c1-3-11-8-6-5-7-9-13(11)12(14)10-15-4-2/h11H,3-10H2,1-2H3. The lowest BCUT2D eigenvalue weighted by atomic mass is 10.1. The van der Waals surface area contributed by atoms with E-state index in [0.717, 1.165) is 25.8 Å². The first-order valence-corrected chi connectivity index (χ1v) is 6.16. The molecule has 3 heteroatoms. The van der Waals surface area contributed by atoms with E-state index in [4.69, 9.17) is 4.74 Å². The predicted octanol–water partition coefficient (Wildman–Crippen LogP) is 2.20. The van der Waals surface area contributed by atoms with Gasteiger partial charge in [0, 0.05) is 19.2 Å². The molecule has 3 nitrogen and oxygen atoms in total. The number of likely N-dealkylation sites (tertiary alicyclic amines) is 1. The minimum atomic E-state index is 0.172. The maximum absolute atomic E-state index is 11.9. The minimum absolute atomic E-state index is 0.172. The van der Waals surface area contributed by atoms with E-state index in [9.17, 15) is 4.79 Å². The molecule has 0 aromatic carbocycles. The first-order chi connectivity index (χ1) is 7.29. The van der Waals surface area contributed by atoms with Crippen LogP contribution in [0.3, 0.4) is 0 Å². The molecule has 1 heterocycles. The molecular weight excluding hydrogens is 190 g/mol. The van der Waals surface area contributed by atoms with Crippen molar-refractivity contribution in [3.63, 3.8) is 0 Å². The van der Waals surface area contributed by atoms with Gasteiger partial charge in [-0.25, -0.2) is 0 Å². The molecule has 0 spiro atoms. The van der Waals surface area contributed by atoms with Crippen molar-refractivity contribution in [1.29, 1.82) is 0 Å². The molecule has 0 bridgehead atoms. The average molecular weight is 213 g/mol. The van der Waals surface area contributed by atoms with Crippen LogP contribution in [0.5, 0.6) is 0 Å². The van der Waals surface area contributed by atoms with Crippen molar-refractivity contribution in [2.75, 3.05) is 19.8 Å². The van der Waals surface area contributed by atoms with Gasteiger partial charge in [0.25, 0.3) is 0 Å². The third kappa shape index (κ3) is 3.82. The predicted molar refractivity (Wildman–Crippen MR) is 60.8 cm³/mol. The Hall–Kier alpha value is -0.570. The molecule has 0 radical (unpaired) electrons. The molecule has 1 rings (SSSR count). The number of amides is 1. The van der Waals surface area contributed by atoms with Crippen LogP contribution < -0.4 is 0 Å². The van der Waals surface area contributed by atoms with Crippen molar-refractivity contribution in [1.82, 2.24) is 4.90 Å². The maximum atomic E-state index is 11.9. The van der Waals surface area contributed by atoms with Gasteiger partial charge in [0.1, 0.15) is 6.61 Å². The monoisotopic (exact) mass is 213 g/mol. The number of nitrogens with zero attached hydrogens (tertiary/aromatic N) is 1. The lowest BCUT2D eigenvalue weighted by Gasteiger charge is -2.29. The second-order valence-corrected chi connectivity index (χ2v) is 4.14. The Morgan fingerprint density at radius 2 is 2.13 bits per heavy atom. The van der Waals surface area contributed by atoms with Crippen LogP contribution in [-0.4, -0.2) is 36.6 Å². The summed E-state index contributed by atoms with van der Waals surface area (Å²) >= 11 is 0. The van der Waals surface area contributed by atoms with Crippen LogP contribution >= 0.6 is 0 Å². The average Bonchev–Trinajstić information content (AvgIpc) is 2.50. The lowest BCUT2D eigenvalue weighted by molar-refractivity contribution is -0.138. The summed E-state index contributed by atoms with van der Waals surface area (Å²) in [5.41, 5.74) is 0. The van der Waals surface area contributed by atoms with Crippen molar-refractivity contribution >= 4 is 5.91 Å². The Morgan fingerprint density at radius 3 is 2.80 bits per heavy atom. The molecule has 88 valence electrons. The second kappa shape index (κ2) is 6.83. The number of rotatable bonds is 4. The Kier molecular flexibility index (Phi) is 5.69. The molecule has 1 amide bonds. The molecule has 1 atom stereocenters. The summed E-state index contributed by atoms with van der Waals surface area (Å²) in [5.74, 6) is 0.172. The fraction of sp³-hybridized carbons (Fsp3) is 0.917. The van der Waals surface area contributed by atoms with Crippen molar-refractivity contribution in [3.05, 3.63) is 0 Å². The Balaban J connectivity index is 2.49. The molecular formula is C12H23NO2. The van der Waals surface area contributed by atoms with E-state index < -0.39 is 0 Å². The molecule has 0 aromatic heterocycles. The molecule has 0 aromatic rings. The smallest absolute Gasteiger partial charge is 0.248 e. The summed E-state index contributed by atoms with van der Waals surface area (Å²) in [4.78, 5) is 13.9. The number of hydrogen-bond donors (Lipinski definition) is 0. The molecule has 1 fully saturated rings. The minimum Gasteiger partial charge on any atom is -0.372 e. The summed E-state index contributed by atoms with van der Waals surface area (Å²) in [6.45, 7) is 5.89. The van der Waals surface area contributed by atoms with E-state index in [1.807, 2.05) is 11.8 Å². The number of hydrogen-bond acceptors (Lipinski definition) is 2. The highest BCUT2D eigenvalue weighted by Gasteiger charge is 2.23. The SMILES string of the molecule is CCOCC(=O)N1CCCCCC1CC. The van der Waals surface area contributed by atoms with Crippen LogP contribution in [0.4, 0.5) is 0 Å². The van der Waals surface area contributed by atoms with Crippen LogP contribution in [0.1, 0.15) is 46.0 Å². The van der Waals surface area contributed by atoms with Gasteiger partial charge in [-0.15, -0.1) is 0 Å². The summed E-state index contributed by atoms with van der Waals surface area (Å²) in [5, 5.41) is 0. The molecule has 1 aliphatic rings. The number of carbonyl (C=O) groups is 1. The second-order valence-electron chi connectivity index (χ2n) is 4.14. The highest BCUT2D eigenvalue weighted by molar-refractivity contribution is 5.77.